The molecular weight excluding hydrogens is 294 g/mol. The molecule has 10 heavy (non-hydrogen) atoms. The van der Waals surface area contributed by atoms with Gasteiger partial charge in [-0.15, -0.1) is 0 Å². The van der Waals surface area contributed by atoms with Gasteiger partial charge in [0.25, 0.3) is 0 Å². The van der Waals surface area contributed by atoms with Crippen LogP contribution in [-0.2, 0) is 0 Å². The molecule has 0 unspecified atom stereocenters. The van der Waals surface area contributed by atoms with E-state index in [4.69, 9.17) is 5.53 Å². The first kappa shape index (κ1) is 10.7. The molecular formula is C6H15AsN2Sn. The molecule has 0 aromatic heterocycles. The van der Waals surface area contributed by atoms with Crippen LogP contribution >= 0.6 is 0 Å². The fourth-order valence-electron chi connectivity index (χ4n) is 0.910. The third kappa shape index (κ3) is 3.22. The van der Waals surface area contributed by atoms with Gasteiger partial charge in [0.2, 0.25) is 0 Å². The maximum atomic E-state index is 8.71. The first-order valence-electron chi connectivity index (χ1n) is 3.29. The van der Waals surface area contributed by atoms with E-state index in [2.05, 4.69) is 31.0 Å². The molecule has 58 valence electrons. The van der Waals surface area contributed by atoms with Gasteiger partial charge in [0, 0.05) is 0 Å². The predicted molar refractivity (Wildman–Crippen MR) is 49.5 cm³/mol. The van der Waals surface area contributed by atoms with Crippen molar-refractivity contribution in [3.8, 4) is 0 Å². The van der Waals surface area contributed by atoms with Gasteiger partial charge in [-0.2, -0.15) is 0 Å². The van der Waals surface area contributed by atoms with Crippen LogP contribution in [0, 0.1) is 0 Å². The van der Waals surface area contributed by atoms with Crippen LogP contribution in [0.4, 0.5) is 0 Å². The summed E-state index contributed by atoms with van der Waals surface area (Å²) in [5.41, 5.74) is 13.2. The van der Waals surface area contributed by atoms with Gasteiger partial charge >= 0.3 is 72.1 Å². The summed E-state index contributed by atoms with van der Waals surface area (Å²) in [5.74, 6) is 0. The summed E-state index contributed by atoms with van der Waals surface area (Å²) in [6.07, 6.45) is 0. The number of hydrogen-bond acceptors (Lipinski definition) is 0. The van der Waals surface area contributed by atoms with Crippen molar-refractivity contribution in [1.29, 1.82) is 0 Å². The van der Waals surface area contributed by atoms with E-state index in [9.17, 15) is 0 Å². The molecule has 0 aliphatic carbocycles. The molecule has 0 atom stereocenters. The quantitative estimate of drug-likeness (QED) is 0.323. The van der Waals surface area contributed by atoms with Crippen molar-refractivity contribution in [3.63, 3.8) is 0 Å². The van der Waals surface area contributed by atoms with Crippen molar-refractivity contribution >= 4 is 35.5 Å². The number of hydrogen-bond donors (Lipinski definition) is 0. The first-order valence-corrected chi connectivity index (χ1v) is 18.0. The van der Waals surface area contributed by atoms with Gasteiger partial charge in [0.1, 0.15) is 0 Å². The Morgan fingerprint density at radius 3 is 1.70 bits per heavy atom. The Kier molecular flexibility index (Phi) is 4.23. The van der Waals surface area contributed by atoms with Gasteiger partial charge in [-0.25, -0.2) is 0 Å². The van der Waals surface area contributed by atoms with E-state index < -0.39 is 33.0 Å². The van der Waals surface area contributed by atoms with Crippen molar-refractivity contribution in [2.45, 2.75) is 26.2 Å². The van der Waals surface area contributed by atoms with Crippen LogP contribution in [-0.4, -0.2) is 40.3 Å². The molecule has 0 rings (SSSR count). The van der Waals surface area contributed by atoms with Crippen molar-refractivity contribution in [1.82, 2.24) is 0 Å². The monoisotopic (exact) mass is 310 g/mol. The first-order chi connectivity index (χ1) is 4.39. The molecule has 0 heterocycles. The molecule has 0 N–H and O–H groups in total. The topological polar surface area (TPSA) is 36.4 Å². The summed E-state index contributed by atoms with van der Waals surface area (Å²) < 4.78 is 1.21. The molecule has 0 radical (unpaired) electrons. The molecule has 0 bridgehead atoms. The van der Waals surface area contributed by atoms with Crippen molar-refractivity contribution in [3.05, 3.63) is 5.53 Å². The van der Waals surface area contributed by atoms with E-state index in [0.717, 1.165) is 0 Å². The SMILES string of the molecule is C[As](C)[C](=[N+]=[N-])[Sn]([CH3])([CH3])[CH3]. The molecule has 0 aromatic carbocycles. The zero-order chi connectivity index (χ0) is 8.36. The fraction of sp³-hybridized carbons (Fsp3) is 0.833. The van der Waals surface area contributed by atoms with Crippen LogP contribution in [0.25, 0.3) is 5.53 Å². The Morgan fingerprint density at radius 2 is 1.70 bits per heavy atom. The van der Waals surface area contributed by atoms with Gasteiger partial charge in [-0.05, 0) is 0 Å². The average Bonchev–Trinajstić information content (AvgIpc) is 1.60. The number of nitrogens with zero attached hydrogens (tertiary/aromatic N) is 2. The molecule has 0 spiro atoms. The van der Waals surface area contributed by atoms with Crippen molar-refractivity contribution < 1.29 is 4.79 Å². The molecule has 0 saturated carbocycles. The molecule has 2 nitrogen and oxygen atoms in total. The minimum atomic E-state index is -1.97. The second-order valence-electron chi connectivity index (χ2n) is 3.57. The van der Waals surface area contributed by atoms with E-state index in [1.807, 2.05) is 0 Å². The molecule has 0 fully saturated rings. The second kappa shape index (κ2) is 3.94. The van der Waals surface area contributed by atoms with E-state index in [1.165, 1.54) is 2.52 Å². The van der Waals surface area contributed by atoms with E-state index in [-0.39, 0.29) is 0 Å². The van der Waals surface area contributed by atoms with Crippen LogP contribution in [0.2, 0.25) is 26.2 Å². The normalized spacial score (nSPS) is 11.4. The minimum absolute atomic E-state index is 0.879. The summed E-state index contributed by atoms with van der Waals surface area (Å²) in [6.45, 7) is 0. The predicted octanol–water partition coefficient (Wildman–Crippen LogP) is 1.83. The van der Waals surface area contributed by atoms with Crippen LogP contribution in [0.1, 0.15) is 0 Å². The summed E-state index contributed by atoms with van der Waals surface area (Å²) in [7, 11) is 0. The van der Waals surface area contributed by atoms with Crippen LogP contribution in [0.3, 0.4) is 0 Å². The van der Waals surface area contributed by atoms with Gasteiger partial charge in [0.15, 0.2) is 0 Å². The Labute approximate surface area is 71.8 Å². The van der Waals surface area contributed by atoms with Crippen LogP contribution in [0.5, 0.6) is 0 Å². The Hall–Kier alpha value is 0.737. The molecule has 0 aliphatic rings. The summed E-state index contributed by atoms with van der Waals surface area (Å²) >= 11 is -2.85. The summed E-state index contributed by atoms with van der Waals surface area (Å²) in [4.78, 5) is 10.3. The van der Waals surface area contributed by atoms with Crippen LogP contribution in [0.15, 0.2) is 0 Å². The third-order valence-corrected chi connectivity index (χ3v) is 23.3. The van der Waals surface area contributed by atoms with Gasteiger partial charge in [-0.1, -0.05) is 0 Å². The molecule has 0 saturated heterocycles. The molecule has 4 heteroatoms. The van der Waals surface area contributed by atoms with Gasteiger partial charge in [0.05, 0.1) is 0 Å². The molecule has 0 amide bonds. The van der Waals surface area contributed by atoms with Crippen molar-refractivity contribution in [2.24, 2.45) is 0 Å². The standard InChI is InChI=1S/C3H6AsN2.3CH3.Sn/c1-4(2)3-6-5;;;;/h1-2H3;3*1H3;. The molecule has 0 aliphatic heterocycles. The summed E-state index contributed by atoms with van der Waals surface area (Å²) in [5, 5.41) is 0. The zero-order valence-electron chi connectivity index (χ0n) is 7.34. The van der Waals surface area contributed by atoms with Gasteiger partial charge in [-0.3, -0.25) is 0 Å². The van der Waals surface area contributed by atoms with Crippen molar-refractivity contribution in [2.75, 3.05) is 0 Å². The van der Waals surface area contributed by atoms with E-state index >= 15 is 0 Å². The van der Waals surface area contributed by atoms with E-state index in [0.29, 0.717) is 0 Å². The van der Waals surface area contributed by atoms with E-state index in [1.54, 1.807) is 0 Å². The Balaban J connectivity index is 4.57. The average molecular weight is 309 g/mol. The Bertz CT molecular complexity index is 165. The van der Waals surface area contributed by atoms with Gasteiger partial charge < -0.3 is 0 Å². The maximum absolute atomic E-state index is 8.71. The number of rotatable bonds is 2. The Morgan fingerprint density at radius 1 is 1.30 bits per heavy atom. The second-order valence-corrected chi connectivity index (χ2v) is 25.0. The fourth-order valence-corrected chi connectivity index (χ4v) is 24.9. The summed E-state index contributed by atoms with van der Waals surface area (Å²) in [6, 6.07) is 0. The van der Waals surface area contributed by atoms with Crippen LogP contribution < -0.4 is 0 Å². The third-order valence-electron chi connectivity index (χ3n) is 1.19. The molecule has 0 aromatic rings. The zero-order valence-corrected chi connectivity index (χ0v) is 12.1.